The topological polar surface area (TPSA) is 72.4 Å². The third kappa shape index (κ3) is 7.03. The van der Waals surface area contributed by atoms with Crippen molar-refractivity contribution in [3.63, 3.8) is 0 Å². The Balaban J connectivity index is 0.00000392. The maximum atomic E-state index is 11.7. The molecule has 0 radical (unpaired) electrons. The molecule has 1 saturated heterocycles. The van der Waals surface area contributed by atoms with Gasteiger partial charge in [0.1, 0.15) is 6.10 Å². The largest absolute Gasteiger partial charge is 0.493 e. The Morgan fingerprint density at radius 3 is 2.46 bits per heavy atom. The molecule has 0 bridgehead atoms. The third-order valence-electron chi connectivity index (χ3n) is 4.56. The maximum absolute atomic E-state index is 11.7. The van der Waals surface area contributed by atoms with Crippen LogP contribution < -0.4 is 14.8 Å². The van der Waals surface area contributed by atoms with Crippen LogP contribution in [0.2, 0.25) is 0 Å². The number of benzene rings is 1. The van der Waals surface area contributed by atoms with Crippen molar-refractivity contribution in [2.75, 3.05) is 40.4 Å². The maximum Gasteiger partial charge on any atom is 0.308 e. The third-order valence-corrected chi connectivity index (χ3v) is 4.56. The lowest BCUT2D eigenvalue weighted by atomic mass is 9.97. The Bertz CT molecular complexity index is 634. The lowest BCUT2D eigenvalue weighted by molar-refractivity contribution is -0.146. The Hall–Kier alpha value is -1.71. The van der Waals surface area contributed by atoms with E-state index >= 15 is 0 Å². The van der Waals surface area contributed by atoms with Crippen LogP contribution in [-0.2, 0) is 9.53 Å². The second-order valence-corrected chi connectivity index (χ2v) is 6.56. The molecule has 1 fully saturated rings. The van der Waals surface area contributed by atoms with Crippen molar-refractivity contribution in [1.82, 2.24) is 10.2 Å². The summed E-state index contributed by atoms with van der Waals surface area (Å²) in [6, 6.07) is 7.60. The van der Waals surface area contributed by atoms with Crippen LogP contribution in [0.25, 0.3) is 0 Å². The van der Waals surface area contributed by atoms with Gasteiger partial charge in [-0.15, -0.1) is 24.0 Å². The van der Waals surface area contributed by atoms with E-state index in [0.717, 1.165) is 38.4 Å². The van der Waals surface area contributed by atoms with Crippen molar-refractivity contribution in [2.45, 2.75) is 32.8 Å². The van der Waals surface area contributed by atoms with E-state index in [0.29, 0.717) is 18.0 Å². The number of rotatable bonds is 7. The van der Waals surface area contributed by atoms with Crippen LogP contribution in [0, 0.1) is 5.92 Å². The van der Waals surface area contributed by atoms with Crippen LogP contribution in [0.15, 0.2) is 29.3 Å². The number of para-hydroxylation sites is 2. The first-order valence-corrected chi connectivity index (χ1v) is 9.49. The fourth-order valence-electron chi connectivity index (χ4n) is 3.10. The molecule has 0 saturated carbocycles. The molecule has 1 aliphatic heterocycles. The highest BCUT2D eigenvalue weighted by molar-refractivity contribution is 14.0. The highest BCUT2D eigenvalue weighted by Gasteiger charge is 2.27. The number of piperidine rings is 1. The van der Waals surface area contributed by atoms with E-state index in [4.69, 9.17) is 19.2 Å². The molecule has 2 rings (SSSR count). The summed E-state index contributed by atoms with van der Waals surface area (Å²) in [6.07, 6.45) is 1.47. The van der Waals surface area contributed by atoms with Gasteiger partial charge in [-0.1, -0.05) is 12.1 Å². The standard InChI is InChI=1S/C20H31N3O4.HI/c1-5-21-20(23-12-10-16(11-13-23)19(24)26-4)22-14-15(2)27-18-9-7-6-8-17(18)25-3;/h6-9,15-16H,5,10-14H2,1-4H3,(H,21,22);1H. The van der Waals surface area contributed by atoms with Gasteiger partial charge in [0, 0.05) is 19.6 Å². The lowest BCUT2D eigenvalue weighted by Gasteiger charge is -2.33. The highest BCUT2D eigenvalue weighted by atomic mass is 127. The summed E-state index contributed by atoms with van der Waals surface area (Å²) in [6.45, 7) is 6.92. The summed E-state index contributed by atoms with van der Waals surface area (Å²) in [5.74, 6) is 2.16. The minimum Gasteiger partial charge on any atom is -0.493 e. The molecule has 0 amide bonds. The van der Waals surface area contributed by atoms with E-state index in [9.17, 15) is 4.79 Å². The second-order valence-electron chi connectivity index (χ2n) is 6.56. The van der Waals surface area contributed by atoms with Gasteiger partial charge in [-0.05, 0) is 38.8 Å². The number of nitrogens with one attached hydrogen (secondary N) is 1. The fraction of sp³-hybridized carbons (Fsp3) is 0.600. The fourth-order valence-corrected chi connectivity index (χ4v) is 3.10. The average molecular weight is 505 g/mol. The quantitative estimate of drug-likeness (QED) is 0.266. The lowest BCUT2D eigenvalue weighted by Crippen LogP contribution is -2.47. The number of halogens is 1. The number of hydrogen-bond acceptors (Lipinski definition) is 5. The van der Waals surface area contributed by atoms with Gasteiger partial charge < -0.3 is 24.4 Å². The summed E-state index contributed by atoms with van der Waals surface area (Å²) in [4.78, 5) is 18.6. The molecule has 1 heterocycles. The molecule has 28 heavy (non-hydrogen) atoms. The number of methoxy groups -OCH3 is 2. The molecule has 1 aliphatic rings. The van der Waals surface area contributed by atoms with Gasteiger partial charge in [-0.25, -0.2) is 4.99 Å². The number of esters is 1. The first kappa shape index (κ1) is 24.3. The summed E-state index contributed by atoms with van der Waals surface area (Å²) >= 11 is 0. The van der Waals surface area contributed by atoms with Crippen molar-refractivity contribution in [3.8, 4) is 11.5 Å². The molecule has 1 aromatic carbocycles. The van der Waals surface area contributed by atoms with Crippen molar-refractivity contribution in [2.24, 2.45) is 10.9 Å². The van der Waals surface area contributed by atoms with E-state index in [2.05, 4.69) is 10.2 Å². The average Bonchev–Trinajstić information content (AvgIpc) is 2.71. The molecular weight excluding hydrogens is 473 g/mol. The number of carbonyl (C=O) groups is 1. The van der Waals surface area contributed by atoms with Crippen molar-refractivity contribution in [3.05, 3.63) is 24.3 Å². The number of hydrogen-bond donors (Lipinski definition) is 1. The molecule has 7 nitrogen and oxygen atoms in total. The highest BCUT2D eigenvalue weighted by Crippen LogP contribution is 2.26. The molecule has 1 unspecified atom stereocenters. The smallest absolute Gasteiger partial charge is 0.308 e. The van der Waals surface area contributed by atoms with E-state index in [-0.39, 0.29) is 42.0 Å². The van der Waals surface area contributed by atoms with Gasteiger partial charge >= 0.3 is 5.97 Å². The van der Waals surface area contributed by atoms with Crippen LogP contribution in [0.5, 0.6) is 11.5 Å². The molecule has 0 aliphatic carbocycles. The number of likely N-dealkylation sites (tertiary alicyclic amines) is 1. The zero-order valence-corrected chi connectivity index (χ0v) is 19.5. The summed E-state index contributed by atoms with van der Waals surface area (Å²) < 4.78 is 16.2. The first-order chi connectivity index (χ1) is 13.1. The van der Waals surface area contributed by atoms with Crippen molar-refractivity contribution in [1.29, 1.82) is 0 Å². The van der Waals surface area contributed by atoms with Crippen LogP contribution in [0.3, 0.4) is 0 Å². The summed E-state index contributed by atoms with van der Waals surface area (Å²) in [5, 5.41) is 3.33. The molecule has 1 aromatic rings. The minimum absolute atomic E-state index is 0. The van der Waals surface area contributed by atoms with Gasteiger partial charge in [0.2, 0.25) is 0 Å². The van der Waals surface area contributed by atoms with Gasteiger partial charge in [-0.3, -0.25) is 4.79 Å². The molecule has 8 heteroatoms. The molecule has 0 aromatic heterocycles. The van der Waals surface area contributed by atoms with Crippen LogP contribution in [0.4, 0.5) is 0 Å². The van der Waals surface area contributed by atoms with E-state index in [1.165, 1.54) is 7.11 Å². The van der Waals surface area contributed by atoms with Gasteiger partial charge in [0.05, 0.1) is 26.7 Å². The van der Waals surface area contributed by atoms with Crippen LogP contribution in [0.1, 0.15) is 26.7 Å². The molecular formula is C20H32IN3O4. The van der Waals surface area contributed by atoms with Crippen LogP contribution >= 0.6 is 24.0 Å². The molecule has 1 N–H and O–H groups in total. The molecule has 158 valence electrons. The second kappa shape index (κ2) is 12.7. The van der Waals surface area contributed by atoms with E-state index < -0.39 is 0 Å². The van der Waals surface area contributed by atoms with Gasteiger partial charge in [-0.2, -0.15) is 0 Å². The number of ether oxygens (including phenoxy) is 3. The van der Waals surface area contributed by atoms with Crippen molar-refractivity contribution >= 4 is 35.9 Å². The Morgan fingerprint density at radius 1 is 1.25 bits per heavy atom. The summed E-state index contributed by atoms with van der Waals surface area (Å²) in [5.41, 5.74) is 0. The van der Waals surface area contributed by atoms with E-state index in [1.807, 2.05) is 38.1 Å². The minimum atomic E-state index is -0.115. The summed E-state index contributed by atoms with van der Waals surface area (Å²) in [7, 11) is 3.08. The monoisotopic (exact) mass is 505 g/mol. The van der Waals surface area contributed by atoms with Crippen molar-refractivity contribution < 1.29 is 19.0 Å². The Morgan fingerprint density at radius 2 is 1.89 bits per heavy atom. The molecule has 1 atom stereocenters. The Kier molecular flexibility index (Phi) is 11.0. The number of nitrogens with zero attached hydrogens (tertiary/aromatic N) is 2. The Labute approximate surface area is 184 Å². The molecule has 0 spiro atoms. The zero-order chi connectivity index (χ0) is 19.6. The zero-order valence-electron chi connectivity index (χ0n) is 17.1. The number of aliphatic imine (C=N–C) groups is 1. The normalized spacial score (nSPS) is 16.0. The van der Waals surface area contributed by atoms with E-state index in [1.54, 1.807) is 7.11 Å². The van der Waals surface area contributed by atoms with Gasteiger partial charge in [0.25, 0.3) is 0 Å². The SMILES string of the molecule is CCNC(=NCC(C)Oc1ccccc1OC)N1CCC(C(=O)OC)CC1.I. The number of guanidine groups is 1. The number of carbonyl (C=O) groups excluding carboxylic acids is 1. The van der Waals surface area contributed by atoms with Crippen LogP contribution in [-0.4, -0.2) is 63.3 Å². The van der Waals surface area contributed by atoms with Gasteiger partial charge in [0.15, 0.2) is 17.5 Å². The predicted octanol–water partition coefficient (Wildman–Crippen LogP) is 2.93. The first-order valence-electron chi connectivity index (χ1n) is 9.49. The predicted molar refractivity (Wildman–Crippen MR) is 121 cm³/mol.